The first-order chi connectivity index (χ1) is 15.3. The van der Waals surface area contributed by atoms with Crippen LogP contribution in [0.3, 0.4) is 0 Å². The molecule has 0 saturated carbocycles. The summed E-state index contributed by atoms with van der Waals surface area (Å²) in [5.41, 5.74) is 5.33. The summed E-state index contributed by atoms with van der Waals surface area (Å²) in [6.45, 7) is -1.06. The second-order valence-electron chi connectivity index (χ2n) is 7.69. The van der Waals surface area contributed by atoms with Gasteiger partial charge in [0.1, 0.15) is 23.9 Å². The van der Waals surface area contributed by atoms with Crippen molar-refractivity contribution in [1.29, 1.82) is 0 Å². The van der Waals surface area contributed by atoms with Gasteiger partial charge in [-0.2, -0.15) is 0 Å². The summed E-state index contributed by atoms with van der Waals surface area (Å²) in [7, 11) is -9.48. The molecule has 2 aromatic rings. The molecule has 0 saturated heterocycles. The molecule has 0 spiro atoms. The van der Waals surface area contributed by atoms with Gasteiger partial charge in [-0.25, -0.2) is 0 Å². The smallest absolute Gasteiger partial charge is 0.811 e. The van der Waals surface area contributed by atoms with E-state index in [4.69, 9.17) is 15.2 Å². The number of aliphatic hydroxyl groups is 2. The molecule has 0 unspecified atom stereocenters. The maximum absolute atomic E-state index is 11.0. The van der Waals surface area contributed by atoms with Crippen LogP contribution in [0.25, 0.3) is 0 Å². The molecular weight excluding hydrogens is 568 g/mol. The van der Waals surface area contributed by atoms with Crippen LogP contribution in [0.5, 0.6) is 17.2 Å². The van der Waals surface area contributed by atoms with Crippen molar-refractivity contribution in [3.8, 4) is 17.2 Å². The number of rotatable bonds is 13. The first-order valence-corrected chi connectivity index (χ1v) is 13.3. The predicted molar refractivity (Wildman–Crippen MR) is 112 cm³/mol. The Morgan fingerprint density at radius 2 is 1.14 bits per heavy atom. The fourth-order valence-corrected chi connectivity index (χ4v) is 3.78. The molecule has 0 amide bonds. The van der Waals surface area contributed by atoms with E-state index in [2.05, 4.69) is 0 Å². The van der Waals surface area contributed by atoms with Crippen molar-refractivity contribution in [2.75, 3.05) is 32.1 Å². The predicted octanol–water partition coefficient (Wildman–Crippen LogP) is -13.5. The van der Waals surface area contributed by atoms with Crippen molar-refractivity contribution in [1.82, 2.24) is 0 Å². The Balaban J connectivity index is -0.00000289. The number of benzene rings is 2. The summed E-state index contributed by atoms with van der Waals surface area (Å²) in [6, 6.07) is 10.8. The molecule has 11 nitrogen and oxygen atoms in total. The molecule has 2 aromatic carbocycles. The number of hydrogen-bond acceptors (Lipinski definition) is 11. The molecule has 0 aliphatic carbocycles. The van der Waals surface area contributed by atoms with Gasteiger partial charge in [-0.15, -0.1) is 0 Å². The van der Waals surface area contributed by atoms with E-state index in [1.165, 1.54) is 18.2 Å². The number of nitrogens with two attached hydrogens (primary N) is 1. The minimum Gasteiger partial charge on any atom is -0.811 e. The summed E-state index contributed by atoms with van der Waals surface area (Å²) in [4.78, 5) is 43.9. The maximum atomic E-state index is 11.0. The van der Waals surface area contributed by atoms with E-state index in [9.17, 15) is 38.9 Å². The minimum absolute atomic E-state index is 0. The van der Waals surface area contributed by atoms with Gasteiger partial charge < -0.3 is 54.1 Å². The standard InChI is InChI=1S/C20H29NO10P2.4Na/c21-20(12-22,13-23)14-30-17-1-3-18(4-2-17)31-19-10-15(5-7-32(24,25)26)9-16(11-19)6-8-33(27,28)29;;;;/h1-4,9-11,22-23H,5-8,12-14,21H2,(H2,24,25,26)(H2,27,28,29);;;;/q;4*+1/p-4. The fraction of sp³-hybridized carbons (Fsp3) is 0.400. The van der Waals surface area contributed by atoms with Crippen LogP contribution in [0.1, 0.15) is 11.1 Å². The van der Waals surface area contributed by atoms with Crippen LogP contribution in [0.15, 0.2) is 42.5 Å². The quantitative estimate of drug-likeness (QED) is 0.147. The maximum Gasteiger partial charge on any atom is 1.00 e. The number of hydrogen-bond donors (Lipinski definition) is 3. The average Bonchev–Trinajstić information content (AvgIpc) is 2.74. The Labute approximate surface area is 304 Å². The van der Waals surface area contributed by atoms with Crippen LogP contribution in [0.2, 0.25) is 0 Å². The average molecular weight is 593 g/mol. The van der Waals surface area contributed by atoms with Crippen LogP contribution < -0.4 is 153 Å². The first kappa shape index (κ1) is 43.7. The molecule has 0 aliphatic rings. The van der Waals surface area contributed by atoms with E-state index in [1.807, 2.05) is 0 Å². The van der Waals surface area contributed by atoms with Gasteiger partial charge in [-0.1, -0.05) is 21.3 Å². The molecule has 184 valence electrons. The molecule has 0 atom stereocenters. The van der Waals surface area contributed by atoms with E-state index in [0.717, 1.165) is 0 Å². The molecule has 17 heteroatoms. The second kappa shape index (κ2) is 20.2. The van der Waals surface area contributed by atoms with Gasteiger partial charge in [0.15, 0.2) is 0 Å². The molecule has 2 rings (SSSR count). The van der Waals surface area contributed by atoms with Gasteiger partial charge in [-0.3, -0.25) is 0 Å². The third kappa shape index (κ3) is 18.4. The molecular formula is C20H25NNa4O10P2. The normalized spacial score (nSPS) is 11.2. The van der Waals surface area contributed by atoms with Crippen molar-refractivity contribution in [2.45, 2.75) is 18.4 Å². The topological polar surface area (TPSA) is 211 Å². The molecule has 0 aliphatic heterocycles. The summed E-state index contributed by atoms with van der Waals surface area (Å²) in [6.07, 6.45) is -1.42. The first-order valence-electron chi connectivity index (χ1n) is 9.87. The summed E-state index contributed by atoms with van der Waals surface area (Å²) >= 11 is 0. The Hall–Kier alpha value is 2.22. The molecule has 0 aromatic heterocycles. The van der Waals surface area contributed by atoms with Gasteiger partial charge in [0.05, 0.1) is 18.8 Å². The van der Waals surface area contributed by atoms with E-state index < -0.39 is 46.3 Å². The Kier molecular flexibility index (Phi) is 23.8. The van der Waals surface area contributed by atoms with Gasteiger partial charge in [-0.05, 0) is 72.7 Å². The van der Waals surface area contributed by atoms with Crippen molar-refractivity contribution in [3.63, 3.8) is 0 Å². The Bertz CT molecular complexity index is 972. The number of ether oxygens (including phenoxy) is 2. The van der Waals surface area contributed by atoms with Crippen molar-refractivity contribution in [2.24, 2.45) is 5.73 Å². The third-order valence-electron chi connectivity index (χ3n) is 4.59. The van der Waals surface area contributed by atoms with Gasteiger partial charge >= 0.3 is 118 Å². The monoisotopic (exact) mass is 593 g/mol. The van der Waals surface area contributed by atoms with Crippen molar-refractivity contribution >= 4 is 15.2 Å². The minimum atomic E-state index is -4.74. The van der Waals surface area contributed by atoms with Gasteiger partial charge in [0.25, 0.3) is 0 Å². The second-order valence-corrected chi connectivity index (χ2v) is 11.0. The number of aliphatic hydroxyl groups excluding tert-OH is 2. The van der Waals surface area contributed by atoms with Crippen LogP contribution in [0.4, 0.5) is 0 Å². The Morgan fingerprint density at radius 1 is 0.730 bits per heavy atom. The van der Waals surface area contributed by atoms with E-state index in [1.54, 1.807) is 24.3 Å². The SMILES string of the molecule is NC(CO)(CO)COc1ccc(Oc2cc(CCP(=O)([O-])[O-])cc(CCP(=O)([O-])[O-])c2)cc1.[Na+].[Na+].[Na+].[Na+]. The fourth-order valence-electron chi connectivity index (χ4n) is 2.72. The van der Waals surface area contributed by atoms with Gasteiger partial charge in [0, 0.05) is 0 Å². The van der Waals surface area contributed by atoms with Crippen LogP contribution >= 0.6 is 15.2 Å². The van der Waals surface area contributed by atoms with E-state index in [-0.39, 0.29) is 143 Å². The largest absolute Gasteiger partial charge is 1.00 e. The zero-order valence-corrected chi connectivity index (χ0v) is 31.4. The Morgan fingerprint density at radius 3 is 1.51 bits per heavy atom. The van der Waals surface area contributed by atoms with E-state index in [0.29, 0.717) is 22.6 Å². The number of aryl methyl sites for hydroxylation is 2. The van der Waals surface area contributed by atoms with Crippen LogP contribution in [-0.2, 0) is 22.0 Å². The summed E-state index contributed by atoms with van der Waals surface area (Å²) < 4.78 is 33.2. The van der Waals surface area contributed by atoms with E-state index >= 15 is 0 Å². The third-order valence-corrected chi connectivity index (χ3v) is 6.13. The summed E-state index contributed by atoms with van der Waals surface area (Å²) in [5.74, 6) is 1.03. The molecule has 0 bridgehead atoms. The van der Waals surface area contributed by atoms with Crippen LogP contribution in [-0.4, -0.2) is 47.9 Å². The molecule has 0 heterocycles. The van der Waals surface area contributed by atoms with Crippen molar-refractivity contribution < 1.29 is 167 Å². The van der Waals surface area contributed by atoms with Gasteiger partial charge in [0.2, 0.25) is 0 Å². The zero-order chi connectivity index (χ0) is 24.7. The van der Waals surface area contributed by atoms with Crippen LogP contribution in [0, 0.1) is 0 Å². The molecule has 4 N–H and O–H groups in total. The van der Waals surface area contributed by atoms with Crippen molar-refractivity contribution in [3.05, 3.63) is 53.6 Å². The molecule has 0 radical (unpaired) electrons. The molecule has 0 fully saturated rings. The molecule has 37 heavy (non-hydrogen) atoms. The zero-order valence-electron chi connectivity index (χ0n) is 21.6. The summed E-state index contributed by atoms with van der Waals surface area (Å²) in [5, 5.41) is 18.4.